The Bertz CT molecular complexity index is 1060. The first-order chi connectivity index (χ1) is 17.0. The number of carbonyl (C=O) groups is 1. The average molecular weight is 544 g/mol. The summed E-state index contributed by atoms with van der Waals surface area (Å²) < 4.78 is 121. The lowest BCUT2D eigenvalue weighted by Crippen LogP contribution is -2.50. The lowest BCUT2D eigenvalue weighted by molar-refractivity contribution is -0.274. The SMILES string of the molecule is CN1CCN(C(C(=O)NNc2cc(C(F)(F)F)cc(C(F)(F)F)c2)c2cccc(OC(F)(F)F)c2)CC1. The topological polar surface area (TPSA) is 56.8 Å². The molecule has 1 unspecified atom stereocenters. The number of nitrogens with one attached hydrogen (secondary N) is 2. The van der Waals surface area contributed by atoms with Gasteiger partial charge in [0.25, 0.3) is 5.91 Å². The quantitative estimate of drug-likeness (QED) is 0.394. The van der Waals surface area contributed by atoms with Crippen molar-refractivity contribution in [2.75, 3.05) is 38.7 Å². The van der Waals surface area contributed by atoms with Gasteiger partial charge < -0.3 is 9.64 Å². The third-order valence-electron chi connectivity index (χ3n) is 5.48. The smallest absolute Gasteiger partial charge is 0.406 e. The van der Waals surface area contributed by atoms with Crippen LogP contribution in [0.3, 0.4) is 0 Å². The summed E-state index contributed by atoms with van der Waals surface area (Å²) in [4.78, 5) is 16.7. The monoisotopic (exact) mass is 544 g/mol. The van der Waals surface area contributed by atoms with Crippen LogP contribution < -0.4 is 15.6 Å². The normalized spacial score (nSPS) is 16.8. The van der Waals surface area contributed by atoms with Crippen LogP contribution in [0.5, 0.6) is 5.75 Å². The van der Waals surface area contributed by atoms with Crippen LogP contribution >= 0.6 is 0 Å². The molecule has 2 aromatic carbocycles. The summed E-state index contributed by atoms with van der Waals surface area (Å²) in [6.45, 7) is 1.61. The molecule has 1 heterocycles. The van der Waals surface area contributed by atoms with E-state index >= 15 is 0 Å². The van der Waals surface area contributed by atoms with Crippen LogP contribution in [0.4, 0.5) is 45.2 Å². The first-order valence-electron chi connectivity index (χ1n) is 10.7. The molecule has 0 radical (unpaired) electrons. The largest absolute Gasteiger partial charge is 0.573 e. The Morgan fingerprint density at radius 2 is 1.43 bits per heavy atom. The summed E-state index contributed by atoms with van der Waals surface area (Å²) in [5, 5.41) is 0. The van der Waals surface area contributed by atoms with Crippen LogP contribution in [0.2, 0.25) is 0 Å². The van der Waals surface area contributed by atoms with Gasteiger partial charge >= 0.3 is 18.7 Å². The van der Waals surface area contributed by atoms with Gasteiger partial charge in [-0.3, -0.25) is 20.5 Å². The fourth-order valence-corrected chi connectivity index (χ4v) is 3.72. The van der Waals surface area contributed by atoms with Gasteiger partial charge in [-0.15, -0.1) is 13.2 Å². The Morgan fingerprint density at radius 1 is 0.865 bits per heavy atom. The molecule has 2 N–H and O–H groups in total. The van der Waals surface area contributed by atoms with Gasteiger partial charge in [0, 0.05) is 26.2 Å². The molecule has 0 bridgehead atoms. The van der Waals surface area contributed by atoms with E-state index in [1.807, 2.05) is 11.9 Å². The molecular formula is C22H21F9N4O2. The number of carbonyl (C=O) groups excluding carboxylic acids is 1. The van der Waals surface area contributed by atoms with Crippen molar-refractivity contribution in [1.29, 1.82) is 0 Å². The van der Waals surface area contributed by atoms with Gasteiger partial charge in [0.05, 0.1) is 16.8 Å². The second kappa shape index (κ2) is 10.7. The number of alkyl halides is 9. The predicted molar refractivity (Wildman–Crippen MR) is 113 cm³/mol. The summed E-state index contributed by atoms with van der Waals surface area (Å²) in [5.41, 5.74) is 0.361. The van der Waals surface area contributed by atoms with Gasteiger partial charge in [0.1, 0.15) is 11.8 Å². The summed E-state index contributed by atoms with van der Waals surface area (Å²) in [6.07, 6.45) is -15.2. The Balaban J connectivity index is 1.89. The van der Waals surface area contributed by atoms with Gasteiger partial charge in [0.2, 0.25) is 0 Å². The Labute approximate surface area is 204 Å². The zero-order valence-corrected chi connectivity index (χ0v) is 19.1. The van der Waals surface area contributed by atoms with E-state index in [4.69, 9.17) is 0 Å². The number of anilines is 1. The van der Waals surface area contributed by atoms with Crippen LogP contribution in [-0.2, 0) is 17.1 Å². The second-order valence-corrected chi connectivity index (χ2v) is 8.27. The minimum Gasteiger partial charge on any atom is -0.406 e. The van der Waals surface area contributed by atoms with E-state index in [0.29, 0.717) is 38.3 Å². The fraction of sp³-hybridized carbons (Fsp3) is 0.409. The summed E-state index contributed by atoms with van der Waals surface area (Å²) in [7, 11) is 1.82. The lowest BCUT2D eigenvalue weighted by atomic mass is 10.0. The Kier molecular flexibility index (Phi) is 8.17. The molecule has 1 aliphatic heterocycles. The average Bonchev–Trinajstić information content (AvgIpc) is 2.77. The molecule has 1 saturated heterocycles. The van der Waals surface area contributed by atoms with Crippen LogP contribution in [0.25, 0.3) is 0 Å². The van der Waals surface area contributed by atoms with E-state index in [0.717, 1.165) is 12.1 Å². The van der Waals surface area contributed by atoms with Crippen LogP contribution in [0, 0.1) is 0 Å². The third-order valence-corrected chi connectivity index (χ3v) is 5.48. The van der Waals surface area contributed by atoms with E-state index in [9.17, 15) is 44.3 Å². The highest BCUT2D eigenvalue weighted by Gasteiger charge is 2.37. The number of amides is 1. The van der Waals surface area contributed by atoms with Crippen molar-refractivity contribution < 1.29 is 49.0 Å². The maximum Gasteiger partial charge on any atom is 0.573 e. The molecular weight excluding hydrogens is 523 g/mol. The second-order valence-electron chi connectivity index (χ2n) is 8.27. The molecule has 0 saturated carbocycles. The highest BCUT2D eigenvalue weighted by atomic mass is 19.4. The molecule has 0 aromatic heterocycles. The third kappa shape index (κ3) is 7.89. The van der Waals surface area contributed by atoms with Gasteiger partial charge in [0.15, 0.2) is 0 Å². The van der Waals surface area contributed by atoms with Crippen molar-refractivity contribution in [3.05, 3.63) is 59.2 Å². The van der Waals surface area contributed by atoms with Gasteiger partial charge in [-0.2, -0.15) is 26.3 Å². The molecule has 15 heteroatoms. The molecule has 1 atom stereocenters. The number of hydrazine groups is 1. The van der Waals surface area contributed by atoms with E-state index in [1.165, 1.54) is 12.1 Å². The molecule has 37 heavy (non-hydrogen) atoms. The van der Waals surface area contributed by atoms with Crippen molar-refractivity contribution in [2.45, 2.75) is 24.8 Å². The first kappa shape index (κ1) is 28.4. The van der Waals surface area contributed by atoms with E-state index < -0.39 is 53.2 Å². The maximum absolute atomic E-state index is 13.1. The number of ether oxygens (including phenoxy) is 1. The molecule has 2 aromatic rings. The van der Waals surface area contributed by atoms with Crippen molar-refractivity contribution in [3.8, 4) is 5.75 Å². The van der Waals surface area contributed by atoms with E-state index in [1.54, 1.807) is 4.90 Å². The van der Waals surface area contributed by atoms with Crippen molar-refractivity contribution in [3.63, 3.8) is 0 Å². The standard InChI is InChI=1S/C22H21F9N4O2/c1-34-5-7-35(8-6-34)18(13-3-2-4-17(9-13)37-22(29,30)31)19(36)33-32-16-11-14(20(23,24)25)10-15(12-16)21(26,27)28/h2-4,9-12,18,32H,5-8H2,1H3,(H,33,36). The number of rotatable bonds is 6. The molecule has 1 fully saturated rings. The summed E-state index contributed by atoms with van der Waals surface area (Å²) in [5.74, 6) is -1.52. The number of hydrogen-bond donors (Lipinski definition) is 2. The summed E-state index contributed by atoms with van der Waals surface area (Å²) >= 11 is 0. The molecule has 0 spiro atoms. The van der Waals surface area contributed by atoms with Gasteiger partial charge in [-0.1, -0.05) is 12.1 Å². The molecule has 204 valence electrons. The molecule has 1 amide bonds. The lowest BCUT2D eigenvalue weighted by Gasteiger charge is -2.37. The molecule has 0 aliphatic carbocycles. The van der Waals surface area contributed by atoms with Gasteiger partial charge in [-0.25, -0.2) is 0 Å². The zero-order valence-electron chi connectivity index (χ0n) is 19.1. The molecule has 1 aliphatic rings. The number of halogens is 9. The highest BCUT2D eigenvalue weighted by molar-refractivity contribution is 5.84. The summed E-state index contributed by atoms with van der Waals surface area (Å²) in [6, 6.07) is 4.08. The van der Waals surface area contributed by atoms with Crippen LogP contribution in [-0.4, -0.2) is 55.3 Å². The number of hydrogen-bond acceptors (Lipinski definition) is 5. The number of likely N-dealkylation sites (N-methyl/N-ethyl adjacent to an activating group) is 1. The minimum atomic E-state index is -5.09. The van der Waals surface area contributed by atoms with Gasteiger partial charge in [-0.05, 0) is 42.9 Å². The number of nitrogens with zero attached hydrogens (tertiary/aromatic N) is 2. The van der Waals surface area contributed by atoms with Crippen LogP contribution in [0.15, 0.2) is 42.5 Å². The maximum atomic E-state index is 13.1. The van der Waals surface area contributed by atoms with E-state index in [2.05, 4.69) is 15.6 Å². The highest BCUT2D eigenvalue weighted by Crippen LogP contribution is 2.37. The zero-order chi connectivity index (χ0) is 27.6. The van der Waals surface area contributed by atoms with Crippen molar-refractivity contribution >= 4 is 11.6 Å². The van der Waals surface area contributed by atoms with Crippen LogP contribution in [0.1, 0.15) is 22.7 Å². The number of piperazine rings is 1. The van der Waals surface area contributed by atoms with Crippen molar-refractivity contribution in [2.24, 2.45) is 0 Å². The Morgan fingerprint density at radius 3 is 1.95 bits per heavy atom. The fourth-order valence-electron chi connectivity index (χ4n) is 3.72. The predicted octanol–water partition coefficient (Wildman–Crippen LogP) is 5.05. The molecule has 6 nitrogen and oxygen atoms in total. The number of benzene rings is 2. The molecule has 3 rings (SSSR count). The first-order valence-corrected chi connectivity index (χ1v) is 10.7. The van der Waals surface area contributed by atoms with E-state index in [-0.39, 0.29) is 11.6 Å². The minimum absolute atomic E-state index is 0.0633. The van der Waals surface area contributed by atoms with Crippen molar-refractivity contribution in [1.82, 2.24) is 15.2 Å². The Hall–Kier alpha value is -3.20.